The zero-order valence-corrected chi connectivity index (χ0v) is 9.10. The quantitative estimate of drug-likeness (QED) is 0.493. The normalized spacial score (nSPS) is 11.9. The number of nitro groups is 1. The van der Waals surface area contributed by atoms with Gasteiger partial charge in [-0.3, -0.25) is 10.1 Å². The maximum absolute atomic E-state index is 11.2. The van der Waals surface area contributed by atoms with E-state index in [0.717, 1.165) is 7.11 Å². The van der Waals surface area contributed by atoms with E-state index in [9.17, 15) is 14.9 Å². The molecule has 1 rings (SSSR count). The predicted molar refractivity (Wildman–Crippen MR) is 57.1 cm³/mol. The number of esters is 1. The molecule has 0 saturated heterocycles. The van der Waals surface area contributed by atoms with E-state index in [-0.39, 0.29) is 16.3 Å². The molecule has 86 valence electrons. The highest BCUT2D eigenvalue weighted by Gasteiger charge is 2.25. The number of nitrogens with zero attached hydrogens (tertiary/aromatic N) is 1. The van der Waals surface area contributed by atoms with E-state index in [1.807, 2.05) is 0 Å². The highest BCUT2D eigenvalue weighted by atomic mass is 35.5. The van der Waals surface area contributed by atoms with E-state index in [2.05, 4.69) is 4.74 Å². The van der Waals surface area contributed by atoms with Crippen molar-refractivity contribution in [3.05, 3.63) is 38.9 Å². The van der Waals surface area contributed by atoms with Gasteiger partial charge in [0.05, 0.1) is 17.6 Å². The number of hydrogen-bond acceptors (Lipinski definition) is 5. The van der Waals surface area contributed by atoms with Crippen LogP contribution >= 0.6 is 11.6 Å². The van der Waals surface area contributed by atoms with Crippen molar-refractivity contribution in [3.8, 4) is 0 Å². The lowest BCUT2D eigenvalue weighted by Crippen LogP contribution is -2.23. The van der Waals surface area contributed by atoms with Crippen molar-refractivity contribution in [1.29, 1.82) is 0 Å². The third kappa shape index (κ3) is 2.47. The number of nitrogens with two attached hydrogens (primary N) is 1. The lowest BCUT2D eigenvalue weighted by atomic mass is 10.1. The molecule has 16 heavy (non-hydrogen) atoms. The van der Waals surface area contributed by atoms with E-state index >= 15 is 0 Å². The van der Waals surface area contributed by atoms with Crippen LogP contribution in [-0.4, -0.2) is 18.0 Å². The molecule has 0 bridgehead atoms. The molecule has 1 aromatic rings. The van der Waals surface area contributed by atoms with Crippen molar-refractivity contribution < 1.29 is 14.5 Å². The number of nitro benzene ring substituents is 1. The second-order valence-corrected chi connectivity index (χ2v) is 3.40. The fourth-order valence-corrected chi connectivity index (χ4v) is 1.38. The summed E-state index contributed by atoms with van der Waals surface area (Å²) < 4.78 is 4.41. The summed E-state index contributed by atoms with van der Waals surface area (Å²) in [6.07, 6.45) is 0. The van der Waals surface area contributed by atoms with Gasteiger partial charge in [-0.2, -0.15) is 0 Å². The molecule has 0 radical (unpaired) electrons. The second kappa shape index (κ2) is 4.91. The Morgan fingerprint density at radius 3 is 2.75 bits per heavy atom. The Kier molecular flexibility index (Phi) is 3.81. The van der Waals surface area contributed by atoms with Gasteiger partial charge in [0.2, 0.25) is 0 Å². The first-order chi connectivity index (χ1) is 7.47. The molecule has 0 heterocycles. The van der Waals surface area contributed by atoms with Crippen LogP contribution in [0.3, 0.4) is 0 Å². The van der Waals surface area contributed by atoms with E-state index in [1.165, 1.54) is 18.2 Å². The summed E-state index contributed by atoms with van der Waals surface area (Å²) in [5, 5.41) is 11.0. The maximum atomic E-state index is 11.2. The highest BCUT2D eigenvalue weighted by molar-refractivity contribution is 6.30. The summed E-state index contributed by atoms with van der Waals surface area (Å²) in [6.45, 7) is 0. The number of hydrogen-bond donors (Lipinski definition) is 1. The molecule has 0 fully saturated rings. The molecule has 0 unspecified atom stereocenters. The first-order valence-corrected chi connectivity index (χ1v) is 4.62. The van der Waals surface area contributed by atoms with Gasteiger partial charge in [-0.15, -0.1) is 0 Å². The molecule has 0 aliphatic carbocycles. The Hall–Kier alpha value is -1.66. The van der Waals surface area contributed by atoms with E-state index in [1.54, 1.807) is 0 Å². The number of ether oxygens (including phenoxy) is 1. The molecule has 6 nitrogen and oxygen atoms in total. The van der Waals surface area contributed by atoms with Gasteiger partial charge in [-0.25, -0.2) is 4.79 Å². The highest BCUT2D eigenvalue weighted by Crippen LogP contribution is 2.27. The van der Waals surface area contributed by atoms with E-state index in [4.69, 9.17) is 17.3 Å². The Balaban J connectivity index is 3.24. The average molecular weight is 245 g/mol. The van der Waals surface area contributed by atoms with Crippen LogP contribution in [0, 0.1) is 10.1 Å². The number of carbonyl (C=O) groups is 1. The van der Waals surface area contributed by atoms with Gasteiger partial charge in [0.25, 0.3) is 5.69 Å². The van der Waals surface area contributed by atoms with Gasteiger partial charge in [0, 0.05) is 11.1 Å². The summed E-state index contributed by atoms with van der Waals surface area (Å²) in [4.78, 5) is 21.3. The van der Waals surface area contributed by atoms with E-state index < -0.39 is 16.9 Å². The summed E-state index contributed by atoms with van der Waals surface area (Å²) >= 11 is 5.68. The molecule has 0 aromatic heterocycles. The Morgan fingerprint density at radius 1 is 1.62 bits per heavy atom. The van der Waals surface area contributed by atoms with Crippen LogP contribution in [0.25, 0.3) is 0 Å². The van der Waals surface area contributed by atoms with Crippen LogP contribution in [0.4, 0.5) is 5.69 Å². The first kappa shape index (κ1) is 12.4. The standard InChI is InChI=1S/C9H9ClN2O4/c1-16-9(13)8(11)6-4-5(10)2-3-7(6)12(14)15/h2-4,8H,11H2,1H3/t8-/m0/s1. The fraction of sp³-hybridized carbons (Fsp3) is 0.222. The van der Waals surface area contributed by atoms with Gasteiger partial charge in [0.1, 0.15) is 6.04 Å². The van der Waals surface area contributed by atoms with Gasteiger partial charge in [-0.1, -0.05) is 11.6 Å². The first-order valence-electron chi connectivity index (χ1n) is 4.24. The minimum absolute atomic E-state index is 0.0318. The number of rotatable bonds is 3. The molecular formula is C9H9ClN2O4. The Morgan fingerprint density at radius 2 is 2.25 bits per heavy atom. The maximum Gasteiger partial charge on any atom is 0.327 e. The molecule has 1 atom stereocenters. The second-order valence-electron chi connectivity index (χ2n) is 2.96. The van der Waals surface area contributed by atoms with Crippen LogP contribution in [0.5, 0.6) is 0 Å². The fourth-order valence-electron chi connectivity index (χ4n) is 1.19. The summed E-state index contributed by atoms with van der Waals surface area (Å²) in [6, 6.07) is 2.61. The molecule has 0 aliphatic rings. The van der Waals surface area contributed by atoms with Gasteiger partial charge in [0.15, 0.2) is 0 Å². The smallest absolute Gasteiger partial charge is 0.327 e. The molecule has 0 spiro atoms. The minimum Gasteiger partial charge on any atom is -0.468 e. The van der Waals surface area contributed by atoms with Crippen molar-refractivity contribution in [2.75, 3.05) is 7.11 Å². The third-order valence-electron chi connectivity index (χ3n) is 1.98. The SMILES string of the molecule is COC(=O)[C@@H](N)c1cc(Cl)ccc1[N+](=O)[O-]. The minimum atomic E-state index is -1.22. The monoisotopic (exact) mass is 244 g/mol. The Bertz CT molecular complexity index is 436. The van der Waals surface area contributed by atoms with Crippen molar-refractivity contribution in [1.82, 2.24) is 0 Å². The predicted octanol–water partition coefficient (Wildman–Crippen LogP) is 1.42. The molecule has 7 heteroatoms. The topological polar surface area (TPSA) is 95.5 Å². The molecule has 0 saturated carbocycles. The number of carbonyl (C=O) groups excluding carboxylic acids is 1. The van der Waals surface area contributed by atoms with Crippen LogP contribution < -0.4 is 5.73 Å². The lowest BCUT2D eigenvalue weighted by molar-refractivity contribution is -0.385. The van der Waals surface area contributed by atoms with Crippen molar-refractivity contribution >= 4 is 23.3 Å². The summed E-state index contributed by atoms with van der Waals surface area (Å²) in [7, 11) is 1.15. The van der Waals surface area contributed by atoms with Gasteiger partial charge >= 0.3 is 5.97 Å². The molecule has 2 N–H and O–H groups in total. The summed E-state index contributed by atoms with van der Waals surface area (Å²) in [5.41, 5.74) is 5.29. The summed E-state index contributed by atoms with van der Waals surface area (Å²) in [5.74, 6) is -0.759. The zero-order valence-electron chi connectivity index (χ0n) is 8.34. The molecule has 0 amide bonds. The van der Waals surface area contributed by atoms with Crippen LogP contribution in [0.1, 0.15) is 11.6 Å². The van der Waals surface area contributed by atoms with E-state index in [0.29, 0.717) is 0 Å². The number of methoxy groups -OCH3 is 1. The molecular weight excluding hydrogens is 236 g/mol. The van der Waals surface area contributed by atoms with Crippen LogP contribution in [0.15, 0.2) is 18.2 Å². The zero-order chi connectivity index (χ0) is 12.3. The lowest BCUT2D eigenvalue weighted by Gasteiger charge is -2.10. The average Bonchev–Trinajstić information content (AvgIpc) is 2.26. The number of halogens is 1. The Labute approximate surface area is 96.1 Å². The largest absolute Gasteiger partial charge is 0.468 e. The number of benzene rings is 1. The van der Waals surface area contributed by atoms with Crippen molar-refractivity contribution in [2.24, 2.45) is 5.73 Å². The molecule has 0 aliphatic heterocycles. The van der Waals surface area contributed by atoms with Crippen LogP contribution in [0.2, 0.25) is 5.02 Å². The van der Waals surface area contributed by atoms with Crippen molar-refractivity contribution in [3.63, 3.8) is 0 Å². The van der Waals surface area contributed by atoms with Crippen LogP contribution in [-0.2, 0) is 9.53 Å². The van der Waals surface area contributed by atoms with Crippen molar-refractivity contribution in [2.45, 2.75) is 6.04 Å². The van der Waals surface area contributed by atoms with Gasteiger partial charge < -0.3 is 10.5 Å². The van der Waals surface area contributed by atoms with Gasteiger partial charge in [-0.05, 0) is 12.1 Å². The third-order valence-corrected chi connectivity index (χ3v) is 2.21. The molecule has 1 aromatic carbocycles.